The van der Waals surface area contributed by atoms with Gasteiger partial charge < -0.3 is 15.1 Å². The van der Waals surface area contributed by atoms with Gasteiger partial charge in [0.05, 0.1) is 17.0 Å². The van der Waals surface area contributed by atoms with E-state index < -0.39 is 17.1 Å². The zero-order valence-corrected chi connectivity index (χ0v) is 15.4. The van der Waals surface area contributed by atoms with Crippen molar-refractivity contribution < 1.29 is 19.8 Å². The molecule has 3 rings (SSSR count). The molecule has 2 aliphatic heterocycles. The SMILES string of the molecule is CC[C@@]1(O)C(=O)N(c2cccc(C(=O)N3CCC[C@@](C)(O)C3)c2)N=C1C. The zero-order chi connectivity index (χ0) is 19.1. The molecule has 0 saturated carbocycles. The number of amides is 2. The van der Waals surface area contributed by atoms with Crippen molar-refractivity contribution in [3.63, 3.8) is 0 Å². The Bertz CT molecular complexity index is 774. The lowest BCUT2D eigenvalue weighted by atomic mass is 9.94. The van der Waals surface area contributed by atoms with Gasteiger partial charge in [0, 0.05) is 18.7 Å². The van der Waals surface area contributed by atoms with Gasteiger partial charge in [-0.25, -0.2) is 0 Å². The molecule has 7 nitrogen and oxygen atoms in total. The summed E-state index contributed by atoms with van der Waals surface area (Å²) in [5, 5.41) is 26.0. The average Bonchev–Trinajstić information content (AvgIpc) is 2.85. The fourth-order valence-corrected chi connectivity index (χ4v) is 3.54. The average molecular weight is 359 g/mol. The van der Waals surface area contributed by atoms with Crippen LogP contribution in [0.15, 0.2) is 29.4 Å². The third-order valence-corrected chi connectivity index (χ3v) is 5.21. The van der Waals surface area contributed by atoms with E-state index in [1.165, 1.54) is 0 Å². The van der Waals surface area contributed by atoms with Crippen molar-refractivity contribution in [2.45, 2.75) is 51.2 Å². The van der Waals surface area contributed by atoms with Gasteiger partial charge in [0.1, 0.15) is 0 Å². The van der Waals surface area contributed by atoms with Crippen LogP contribution >= 0.6 is 0 Å². The number of carbonyl (C=O) groups excluding carboxylic acids is 2. The molecule has 1 aromatic rings. The Balaban J connectivity index is 1.86. The second kappa shape index (κ2) is 6.48. The van der Waals surface area contributed by atoms with Gasteiger partial charge in [-0.05, 0) is 51.3 Å². The number of anilines is 1. The van der Waals surface area contributed by atoms with Crippen molar-refractivity contribution >= 4 is 23.2 Å². The van der Waals surface area contributed by atoms with Crippen LogP contribution in [-0.4, -0.2) is 56.9 Å². The highest BCUT2D eigenvalue weighted by atomic mass is 16.3. The molecule has 2 aliphatic rings. The summed E-state index contributed by atoms with van der Waals surface area (Å²) in [5.41, 5.74) is -1.27. The first-order valence-corrected chi connectivity index (χ1v) is 8.92. The maximum Gasteiger partial charge on any atom is 0.285 e. The van der Waals surface area contributed by atoms with E-state index in [9.17, 15) is 19.8 Å². The lowest BCUT2D eigenvalue weighted by Gasteiger charge is -2.36. The number of hydrazone groups is 1. The molecule has 140 valence electrons. The summed E-state index contributed by atoms with van der Waals surface area (Å²) in [6.07, 6.45) is 1.65. The Labute approximate surface area is 152 Å². The Morgan fingerprint density at radius 1 is 1.35 bits per heavy atom. The number of nitrogens with zero attached hydrogens (tertiary/aromatic N) is 3. The van der Waals surface area contributed by atoms with Crippen LogP contribution in [0, 0.1) is 0 Å². The number of benzene rings is 1. The molecule has 2 atom stereocenters. The molecule has 2 amide bonds. The molecule has 2 N–H and O–H groups in total. The largest absolute Gasteiger partial charge is 0.388 e. The van der Waals surface area contributed by atoms with E-state index in [-0.39, 0.29) is 18.9 Å². The van der Waals surface area contributed by atoms with Crippen molar-refractivity contribution in [3.05, 3.63) is 29.8 Å². The second-order valence-electron chi connectivity index (χ2n) is 7.39. The van der Waals surface area contributed by atoms with Crippen molar-refractivity contribution in [2.24, 2.45) is 5.10 Å². The molecule has 1 fully saturated rings. The van der Waals surface area contributed by atoms with Crippen LogP contribution in [0.2, 0.25) is 0 Å². The van der Waals surface area contributed by atoms with Crippen molar-refractivity contribution in [3.8, 4) is 0 Å². The third kappa shape index (κ3) is 3.12. The lowest BCUT2D eigenvalue weighted by Crippen LogP contribution is -2.48. The summed E-state index contributed by atoms with van der Waals surface area (Å²) in [4.78, 5) is 27.0. The Kier molecular flexibility index (Phi) is 4.62. The van der Waals surface area contributed by atoms with E-state index in [0.29, 0.717) is 29.9 Å². The monoisotopic (exact) mass is 359 g/mol. The molecular formula is C19H25N3O4. The minimum Gasteiger partial charge on any atom is -0.388 e. The number of hydrogen-bond acceptors (Lipinski definition) is 5. The highest BCUT2D eigenvalue weighted by Crippen LogP contribution is 2.30. The minimum atomic E-state index is -1.59. The predicted octanol–water partition coefficient (Wildman–Crippen LogP) is 1.54. The molecule has 0 spiro atoms. The number of likely N-dealkylation sites (tertiary alicyclic amines) is 1. The van der Waals surface area contributed by atoms with E-state index >= 15 is 0 Å². The molecule has 0 aromatic heterocycles. The fraction of sp³-hybridized carbons (Fsp3) is 0.526. The van der Waals surface area contributed by atoms with E-state index in [1.807, 2.05) is 0 Å². The fourth-order valence-electron chi connectivity index (χ4n) is 3.54. The number of rotatable bonds is 3. The van der Waals surface area contributed by atoms with E-state index in [1.54, 1.807) is 49.9 Å². The molecule has 0 aliphatic carbocycles. The Morgan fingerprint density at radius 3 is 2.69 bits per heavy atom. The molecule has 0 bridgehead atoms. The van der Waals surface area contributed by atoms with Gasteiger partial charge in [0.2, 0.25) is 0 Å². The van der Waals surface area contributed by atoms with Crippen LogP contribution in [0.3, 0.4) is 0 Å². The van der Waals surface area contributed by atoms with Crippen LogP contribution in [-0.2, 0) is 4.79 Å². The zero-order valence-electron chi connectivity index (χ0n) is 15.4. The number of carbonyl (C=O) groups is 2. The standard InChI is InChI=1S/C19H25N3O4/c1-4-19(26)13(2)20-22(17(19)24)15-8-5-7-14(11-15)16(23)21-10-6-9-18(3,25)12-21/h5,7-8,11,25-26H,4,6,9-10,12H2,1-3H3/t18-,19+/m1/s1. The van der Waals surface area contributed by atoms with Gasteiger partial charge in [-0.2, -0.15) is 10.1 Å². The van der Waals surface area contributed by atoms with Gasteiger partial charge in [0.15, 0.2) is 5.60 Å². The number of β-amino-alcohol motifs (C(OH)–C–C–N with tert-alkyl or cyclic N) is 1. The molecule has 1 aromatic carbocycles. The normalized spacial score (nSPS) is 29.1. The molecule has 7 heteroatoms. The summed E-state index contributed by atoms with van der Waals surface area (Å²) in [6.45, 7) is 5.95. The van der Waals surface area contributed by atoms with Crippen molar-refractivity contribution in [2.75, 3.05) is 18.1 Å². The number of aliphatic hydroxyl groups is 2. The molecule has 1 saturated heterocycles. The topological polar surface area (TPSA) is 93.4 Å². The first-order chi connectivity index (χ1) is 12.2. The Morgan fingerprint density at radius 2 is 2.08 bits per heavy atom. The number of piperidine rings is 1. The molecule has 0 radical (unpaired) electrons. The van der Waals surface area contributed by atoms with Gasteiger partial charge in [0.25, 0.3) is 11.8 Å². The Hall–Kier alpha value is -2.25. The van der Waals surface area contributed by atoms with Crippen molar-refractivity contribution in [1.82, 2.24) is 4.90 Å². The van der Waals surface area contributed by atoms with E-state index in [4.69, 9.17) is 0 Å². The van der Waals surface area contributed by atoms with E-state index in [0.717, 1.165) is 11.4 Å². The van der Waals surface area contributed by atoms with Crippen molar-refractivity contribution in [1.29, 1.82) is 0 Å². The summed E-state index contributed by atoms with van der Waals surface area (Å²) < 4.78 is 0. The highest BCUT2D eigenvalue weighted by Gasteiger charge is 2.46. The maximum atomic E-state index is 12.8. The third-order valence-electron chi connectivity index (χ3n) is 5.21. The summed E-state index contributed by atoms with van der Waals surface area (Å²) in [7, 11) is 0. The van der Waals surface area contributed by atoms with Crippen LogP contribution in [0.1, 0.15) is 50.4 Å². The maximum absolute atomic E-state index is 12.8. The first kappa shape index (κ1) is 18.5. The van der Waals surface area contributed by atoms with Crippen LogP contribution in [0.5, 0.6) is 0 Å². The molecular weight excluding hydrogens is 334 g/mol. The minimum absolute atomic E-state index is 0.190. The second-order valence-corrected chi connectivity index (χ2v) is 7.39. The lowest BCUT2D eigenvalue weighted by molar-refractivity contribution is -0.129. The molecule has 2 heterocycles. The van der Waals surface area contributed by atoms with Crippen LogP contribution in [0.4, 0.5) is 5.69 Å². The quantitative estimate of drug-likeness (QED) is 0.856. The van der Waals surface area contributed by atoms with Gasteiger partial charge in [-0.3, -0.25) is 9.59 Å². The first-order valence-electron chi connectivity index (χ1n) is 8.92. The summed E-state index contributed by atoms with van der Waals surface area (Å²) >= 11 is 0. The summed E-state index contributed by atoms with van der Waals surface area (Å²) in [6, 6.07) is 6.64. The highest BCUT2D eigenvalue weighted by molar-refractivity contribution is 6.21. The smallest absolute Gasteiger partial charge is 0.285 e. The van der Waals surface area contributed by atoms with Crippen LogP contribution < -0.4 is 5.01 Å². The molecule has 0 unspecified atom stereocenters. The van der Waals surface area contributed by atoms with Crippen LogP contribution in [0.25, 0.3) is 0 Å². The number of hydrogen-bond donors (Lipinski definition) is 2. The van der Waals surface area contributed by atoms with Gasteiger partial charge >= 0.3 is 0 Å². The van der Waals surface area contributed by atoms with Gasteiger partial charge in [-0.15, -0.1) is 0 Å². The van der Waals surface area contributed by atoms with E-state index in [2.05, 4.69) is 5.10 Å². The van der Waals surface area contributed by atoms with Gasteiger partial charge in [-0.1, -0.05) is 13.0 Å². The molecule has 26 heavy (non-hydrogen) atoms. The predicted molar refractivity (Wildman–Crippen MR) is 98.0 cm³/mol. The summed E-state index contributed by atoms with van der Waals surface area (Å²) in [5.74, 6) is -0.701.